The zero-order valence-electron chi connectivity index (χ0n) is 7.82. The Morgan fingerprint density at radius 3 is 2.58 bits per heavy atom. The highest BCUT2D eigenvalue weighted by molar-refractivity contribution is 6.17. The van der Waals surface area contributed by atoms with Crippen LogP contribution in [0.15, 0.2) is 0 Å². The van der Waals surface area contributed by atoms with Crippen LogP contribution in [0, 0.1) is 5.92 Å². The van der Waals surface area contributed by atoms with Crippen molar-refractivity contribution in [3.63, 3.8) is 0 Å². The van der Waals surface area contributed by atoms with Crippen LogP contribution in [-0.4, -0.2) is 19.0 Å². The van der Waals surface area contributed by atoms with Crippen LogP contribution >= 0.6 is 11.6 Å². The lowest BCUT2D eigenvalue weighted by molar-refractivity contribution is 0.343. The highest BCUT2D eigenvalue weighted by atomic mass is 35.5. The second-order valence-corrected chi connectivity index (χ2v) is 4.13. The Hall–Kier alpha value is 0.250. The normalized spacial score (nSPS) is 19.8. The van der Waals surface area contributed by atoms with Crippen LogP contribution in [0.25, 0.3) is 0 Å². The molecule has 1 aliphatic rings. The fraction of sp³-hybridized carbons (Fsp3) is 1.00. The second-order valence-electron chi connectivity index (χ2n) is 3.75. The quantitative estimate of drug-likeness (QED) is 0.518. The first kappa shape index (κ1) is 10.3. The van der Waals surface area contributed by atoms with Crippen LogP contribution in [0.4, 0.5) is 0 Å². The molecule has 2 heteroatoms. The highest BCUT2D eigenvalue weighted by Gasteiger charge is 2.11. The van der Waals surface area contributed by atoms with Crippen molar-refractivity contribution in [2.75, 3.05) is 19.0 Å². The molecule has 1 nitrogen and oxygen atoms in total. The van der Waals surface area contributed by atoms with Gasteiger partial charge >= 0.3 is 0 Å². The van der Waals surface area contributed by atoms with E-state index in [4.69, 9.17) is 11.6 Å². The fourth-order valence-corrected chi connectivity index (χ4v) is 2.02. The molecule has 0 radical (unpaired) electrons. The Morgan fingerprint density at radius 1 is 1.17 bits per heavy atom. The minimum absolute atomic E-state index is 0.789. The number of alkyl halides is 1. The van der Waals surface area contributed by atoms with Crippen molar-refractivity contribution in [3.8, 4) is 0 Å². The predicted molar refractivity (Wildman–Crippen MR) is 54.8 cm³/mol. The van der Waals surface area contributed by atoms with E-state index in [2.05, 4.69) is 5.32 Å². The van der Waals surface area contributed by atoms with Crippen molar-refractivity contribution in [2.24, 2.45) is 5.92 Å². The zero-order chi connectivity index (χ0) is 8.65. The van der Waals surface area contributed by atoms with E-state index in [1.807, 2.05) is 0 Å². The average molecular weight is 190 g/mol. The maximum absolute atomic E-state index is 5.58. The molecule has 0 aromatic heterocycles. The van der Waals surface area contributed by atoms with Crippen LogP contribution < -0.4 is 5.32 Å². The summed E-state index contributed by atoms with van der Waals surface area (Å²) in [4.78, 5) is 0. The first-order valence-corrected chi connectivity index (χ1v) is 5.73. The Bertz CT molecular complexity index is 100. The second kappa shape index (κ2) is 6.73. The molecule has 0 saturated heterocycles. The standard InChI is InChI=1S/C10H20ClN/c11-7-4-8-12-9-10-5-2-1-3-6-10/h10,12H,1-9H2. The third kappa shape index (κ3) is 4.32. The SMILES string of the molecule is ClCCCNCC1CCCCC1. The number of nitrogens with one attached hydrogen (secondary N) is 1. The zero-order valence-corrected chi connectivity index (χ0v) is 8.58. The molecule has 1 aliphatic carbocycles. The fourth-order valence-electron chi connectivity index (χ4n) is 1.89. The molecule has 1 N–H and O–H groups in total. The molecule has 0 amide bonds. The van der Waals surface area contributed by atoms with Gasteiger partial charge in [0, 0.05) is 5.88 Å². The molecule has 72 valence electrons. The van der Waals surface area contributed by atoms with E-state index in [1.165, 1.54) is 38.6 Å². The monoisotopic (exact) mass is 189 g/mol. The minimum atomic E-state index is 0.789. The minimum Gasteiger partial charge on any atom is -0.316 e. The summed E-state index contributed by atoms with van der Waals surface area (Å²) in [6.07, 6.45) is 8.33. The molecule has 0 aromatic carbocycles. The average Bonchev–Trinajstić information content (AvgIpc) is 2.14. The smallest absolute Gasteiger partial charge is 0.0235 e. The highest BCUT2D eigenvalue weighted by Crippen LogP contribution is 2.22. The summed E-state index contributed by atoms with van der Waals surface area (Å²) in [7, 11) is 0. The van der Waals surface area contributed by atoms with Gasteiger partial charge in [0.2, 0.25) is 0 Å². The lowest BCUT2D eigenvalue weighted by Crippen LogP contribution is -2.25. The summed E-state index contributed by atoms with van der Waals surface area (Å²) in [6.45, 7) is 2.32. The molecular weight excluding hydrogens is 170 g/mol. The molecule has 1 saturated carbocycles. The lowest BCUT2D eigenvalue weighted by atomic mass is 9.89. The van der Waals surface area contributed by atoms with Gasteiger partial charge in [-0.1, -0.05) is 19.3 Å². The Balaban J connectivity index is 1.91. The summed E-state index contributed by atoms with van der Waals surface area (Å²) >= 11 is 5.58. The van der Waals surface area contributed by atoms with Gasteiger partial charge in [-0.3, -0.25) is 0 Å². The van der Waals surface area contributed by atoms with Crippen molar-refractivity contribution in [1.29, 1.82) is 0 Å². The topological polar surface area (TPSA) is 12.0 Å². The summed E-state index contributed by atoms with van der Waals surface area (Å²) in [6, 6.07) is 0. The molecule has 12 heavy (non-hydrogen) atoms. The lowest BCUT2D eigenvalue weighted by Gasteiger charge is -2.21. The van der Waals surface area contributed by atoms with Crippen LogP contribution in [0.2, 0.25) is 0 Å². The van der Waals surface area contributed by atoms with Gasteiger partial charge in [0.1, 0.15) is 0 Å². The number of rotatable bonds is 5. The van der Waals surface area contributed by atoms with E-state index in [0.29, 0.717) is 0 Å². The van der Waals surface area contributed by atoms with Gasteiger partial charge in [-0.05, 0) is 38.3 Å². The van der Waals surface area contributed by atoms with Crippen LogP contribution in [0.3, 0.4) is 0 Å². The van der Waals surface area contributed by atoms with E-state index in [-0.39, 0.29) is 0 Å². The van der Waals surface area contributed by atoms with Crippen molar-refractivity contribution >= 4 is 11.6 Å². The van der Waals surface area contributed by atoms with Gasteiger partial charge in [-0.2, -0.15) is 0 Å². The Kier molecular flexibility index (Phi) is 5.80. The van der Waals surface area contributed by atoms with Crippen LogP contribution in [-0.2, 0) is 0 Å². The number of hydrogen-bond acceptors (Lipinski definition) is 1. The molecule has 0 atom stereocenters. The number of hydrogen-bond donors (Lipinski definition) is 1. The van der Waals surface area contributed by atoms with Crippen molar-refractivity contribution < 1.29 is 0 Å². The van der Waals surface area contributed by atoms with E-state index in [1.54, 1.807) is 0 Å². The van der Waals surface area contributed by atoms with E-state index < -0.39 is 0 Å². The van der Waals surface area contributed by atoms with Gasteiger partial charge in [0.25, 0.3) is 0 Å². The van der Waals surface area contributed by atoms with Crippen molar-refractivity contribution in [2.45, 2.75) is 38.5 Å². The Morgan fingerprint density at radius 2 is 1.92 bits per heavy atom. The van der Waals surface area contributed by atoms with Gasteiger partial charge in [0.15, 0.2) is 0 Å². The van der Waals surface area contributed by atoms with E-state index >= 15 is 0 Å². The van der Waals surface area contributed by atoms with Gasteiger partial charge < -0.3 is 5.32 Å². The van der Waals surface area contributed by atoms with Crippen molar-refractivity contribution in [1.82, 2.24) is 5.32 Å². The third-order valence-electron chi connectivity index (χ3n) is 2.64. The molecular formula is C10H20ClN. The maximum atomic E-state index is 5.58. The summed E-state index contributed by atoms with van der Waals surface area (Å²) < 4.78 is 0. The molecule has 0 aliphatic heterocycles. The molecule has 0 spiro atoms. The van der Waals surface area contributed by atoms with E-state index in [9.17, 15) is 0 Å². The molecule has 0 unspecified atom stereocenters. The number of halogens is 1. The van der Waals surface area contributed by atoms with Crippen molar-refractivity contribution in [3.05, 3.63) is 0 Å². The first-order chi connectivity index (χ1) is 5.93. The molecule has 0 bridgehead atoms. The van der Waals surface area contributed by atoms with E-state index in [0.717, 1.165) is 24.8 Å². The largest absolute Gasteiger partial charge is 0.316 e. The summed E-state index contributed by atoms with van der Waals surface area (Å²) in [5, 5.41) is 3.47. The Labute approximate surface area is 80.9 Å². The molecule has 0 heterocycles. The maximum Gasteiger partial charge on any atom is 0.0235 e. The summed E-state index contributed by atoms with van der Waals surface area (Å²) in [5.41, 5.74) is 0. The molecule has 0 aromatic rings. The molecule has 1 fully saturated rings. The first-order valence-electron chi connectivity index (χ1n) is 5.20. The molecule has 1 rings (SSSR count). The van der Waals surface area contributed by atoms with Gasteiger partial charge in [0.05, 0.1) is 0 Å². The van der Waals surface area contributed by atoms with Gasteiger partial charge in [-0.15, -0.1) is 11.6 Å². The van der Waals surface area contributed by atoms with Crippen LogP contribution in [0.5, 0.6) is 0 Å². The van der Waals surface area contributed by atoms with Gasteiger partial charge in [-0.25, -0.2) is 0 Å². The summed E-state index contributed by atoms with van der Waals surface area (Å²) in [5.74, 6) is 1.74. The third-order valence-corrected chi connectivity index (χ3v) is 2.91. The predicted octanol–water partition coefficient (Wildman–Crippen LogP) is 2.79. The van der Waals surface area contributed by atoms with Crippen LogP contribution in [0.1, 0.15) is 38.5 Å².